The van der Waals surface area contributed by atoms with Crippen molar-refractivity contribution < 1.29 is 19.4 Å². The third kappa shape index (κ3) is 4.39. The Bertz CT molecular complexity index is 942. The van der Waals surface area contributed by atoms with Gasteiger partial charge in [0.2, 0.25) is 0 Å². The van der Waals surface area contributed by atoms with Gasteiger partial charge in [-0.1, -0.05) is 94.8 Å². The highest BCUT2D eigenvalue weighted by molar-refractivity contribution is 6.55. The minimum absolute atomic E-state index is 0.00146. The van der Waals surface area contributed by atoms with Crippen LogP contribution in [-0.4, -0.2) is 17.0 Å². The fraction of sp³-hybridized carbons (Fsp3) is 0.333. The summed E-state index contributed by atoms with van der Waals surface area (Å²) in [4.78, 5) is 25.0. The molecule has 1 fully saturated rings. The number of aliphatic carboxylic acids is 1. The first kappa shape index (κ1) is 23.5. The van der Waals surface area contributed by atoms with Gasteiger partial charge in [-0.05, 0) is 31.2 Å². The van der Waals surface area contributed by atoms with Crippen molar-refractivity contribution in [3.8, 4) is 0 Å². The summed E-state index contributed by atoms with van der Waals surface area (Å²) >= 11 is 31.5. The minimum atomic E-state index is -1.50. The quantitative estimate of drug-likeness (QED) is 0.195. The average molecular weight is 511 g/mol. The molecule has 1 atom stereocenters. The maximum Gasteiger partial charge on any atom is 0.325 e. The van der Waals surface area contributed by atoms with Gasteiger partial charge in [0.05, 0.1) is 25.1 Å². The summed E-state index contributed by atoms with van der Waals surface area (Å²) in [6.07, 6.45) is 3.16. The maximum atomic E-state index is 13.1. The highest BCUT2D eigenvalue weighted by atomic mass is 35.5. The molecule has 1 aliphatic carbocycles. The first-order valence-corrected chi connectivity index (χ1v) is 11.1. The molecular weight excluding hydrogens is 493 g/mol. The van der Waals surface area contributed by atoms with Crippen molar-refractivity contribution in [3.05, 3.63) is 66.6 Å². The van der Waals surface area contributed by atoms with Gasteiger partial charge in [-0.2, -0.15) is 0 Å². The third-order valence-electron chi connectivity index (χ3n) is 5.24. The predicted octanol–water partition coefficient (Wildman–Crippen LogP) is 7.52. The molecule has 0 bridgehead atoms. The van der Waals surface area contributed by atoms with Crippen molar-refractivity contribution in [1.29, 1.82) is 0 Å². The lowest BCUT2D eigenvalue weighted by Crippen LogP contribution is -2.38. The van der Waals surface area contributed by atoms with Crippen LogP contribution in [0, 0.1) is 0 Å². The van der Waals surface area contributed by atoms with Gasteiger partial charge >= 0.3 is 11.9 Å². The van der Waals surface area contributed by atoms with Crippen molar-refractivity contribution >= 4 is 69.9 Å². The van der Waals surface area contributed by atoms with Crippen LogP contribution < -0.4 is 0 Å². The molecule has 1 aliphatic rings. The number of carbonyl (C=O) groups is 2. The summed E-state index contributed by atoms with van der Waals surface area (Å²) < 4.78 is 5.91. The van der Waals surface area contributed by atoms with E-state index in [1.165, 1.54) is 0 Å². The Morgan fingerprint density at radius 3 is 1.83 bits per heavy atom. The standard InChI is InChI=1S/C21H17Cl5O4/c22-14-13(15(23)17(25)18(26)16(14)24)21(9-5-2-6-10-21)30-20(29)12(19(27)28)11-7-3-1-4-8-11/h1,3-4,7-8,12H,2,5-6,9-10H2,(H,27,28). The molecule has 9 heteroatoms. The lowest BCUT2D eigenvalue weighted by molar-refractivity contribution is -0.171. The lowest BCUT2D eigenvalue weighted by Gasteiger charge is -2.39. The fourth-order valence-corrected chi connectivity index (χ4v) is 5.29. The monoisotopic (exact) mass is 508 g/mol. The van der Waals surface area contributed by atoms with Gasteiger partial charge < -0.3 is 9.84 Å². The van der Waals surface area contributed by atoms with Crippen LogP contribution in [0.1, 0.15) is 49.1 Å². The number of ether oxygens (including phenoxy) is 1. The topological polar surface area (TPSA) is 63.6 Å². The van der Waals surface area contributed by atoms with Crippen LogP contribution >= 0.6 is 58.0 Å². The molecule has 1 unspecified atom stereocenters. The second-order valence-electron chi connectivity index (χ2n) is 7.10. The van der Waals surface area contributed by atoms with Gasteiger partial charge in [0.15, 0.2) is 5.92 Å². The van der Waals surface area contributed by atoms with E-state index in [0.717, 1.165) is 19.3 Å². The molecular formula is C21H17Cl5O4. The van der Waals surface area contributed by atoms with Gasteiger partial charge in [0.1, 0.15) is 5.60 Å². The maximum absolute atomic E-state index is 13.1. The van der Waals surface area contributed by atoms with Crippen LogP contribution in [0.3, 0.4) is 0 Å². The van der Waals surface area contributed by atoms with Crippen molar-refractivity contribution in [2.75, 3.05) is 0 Å². The summed E-state index contributed by atoms with van der Waals surface area (Å²) in [6.45, 7) is 0. The highest BCUT2D eigenvalue weighted by Crippen LogP contribution is 2.53. The number of benzene rings is 2. The molecule has 160 valence electrons. The zero-order valence-electron chi connectivity index (χ0n) is 15.6. The molecule has 0 radical (unpaired) electrons. The molecule has 0 heterocycles. The van der Waals surface area contributed by atoms with Crippen LogP contribution in [0.4, 0.5) is 0 Å². The molecule has 3 rings (SSSR count). The number of rotatable bonds is 5. The number of halogens is 5. The van der Waals surface area contributed by atoms with Crippen LogP contribution in [0.5, 0.6) is 0 Å². The number of carbonyl (C=O) groups excluding carboxylic acids is 1. The van der Waals surface area contributed by atoms with Crippen molar-refractivity contribution in [2.24, 2.45) is 0 Å². The van der Waals surface area contributed by atoms with Gasteiger partial charge in [-0.25, -0.2) is 0 Å². The largest absolute Gasteiger partial charge is 0.480 e. The van der Waals surface area contributed by atoms with E-state index < -0.39 is 23.5 Å². The van der Waals surface area contributed by atoms with Crippen LogP contribution in [0.25, 0.3) is 0 Å². The molecule has 4 nitrogen and oxygen atoms in total. The van der Waals surface area contributed by atoms with Gasteiger partial charge in [0, 0.05) is 5.56 Å². The molecule has 2 aromatic carbocycles. The van der Waals surface area contributed by atoms with E-state index >= 15 is 0 Å². The smallest absolute Gasteiger partial charge is 0.325 e. The van der Waals surface area contributed by atoms with E-state index in [2.05, 4.69) is 0 Å². The Labute approximate surface area is 199 Å². The normalized spacial score (nSPS) is 16.7. The van der Waals surface area contributed by atoms with Gasteiger partial charge in [-0.3, -0.25) is 9.59 Å². The highest BCUT2D eigenvalue weighted by Gasteiger charge is 2.45. The molecule has 0 aliphatic heterocycles. The van der Waals surface area contributed by atoms with E-state index in [-0.39, 0.29) is 30.7 Å². The van der Waals surface area contributed by atoms with E-state index in [4.69, 9.17) is 62.7 Å². The van der Waals surface area contributed by atoms with Crippen molar-refractivity contribution in [1.82, 2.24) is 0 Å². The minimum Gasteiger partial charge on any atom is -0.480 e. The Kier molecular flexibility index (Phi) is 7.47. The Balaban J connectivity index is 2.10. The second-order valence-corrected chi connectivity index (χ2v) is 8.99. The summed E-state index contributed by atoms with van der Waals surface area (Å²) in [5.74, 6) is -3.73. The zero-order chi connectivity index (χ0) is 22.1. The summed E-state index contributed by atoms with van der Waals surface area (Å²) in [7, 11) is 0. The first-order valence-electron chi connectivity index (χ1n) is 9.22. The van der Waals surface area contributed by atoms with E-state index in [9.17, 15) is 14.7 Å². The van der Waals surface area contributed by atoms with Gasteiger partial charge in [0.25, 0.3) is 0 Å². The Hall–Kier alpha value is -1.17. The Morgan fingerprint density at radius 2 is 1.33 bits per heavy atom. The first-order chi connectivity index (χ1) is 14.2. The van der Waals surface area contributed by atoms with E-state index in [1.807, 2.05) is 0 Å². The molecule has 0 amide bonds. The van der Waals surface area contributed by atoms with E-state index in [0.29, 0.717) is 18.4 Å². The van der Waals surface area contributed by atoms with Gasteiger partial charge in [-0.15, -0.1) is 0 Å². The van der Waals surface area contributed by atoms with Crippen LogP contribution in [-0.2, 0) is 19.9 Å². The van der Waals surface area contributed by atoms with E-state index in [1.54, 1.807) is 30.3 Å². The number of carboxylic acid groups (broad SMARTS) is 1. The second kappa shape index (κ2) is 9.54. The molecule has 0 aromatic heterocycles. The number of esters is 1. The SMILES string of the molecule is O=C(O)C(C(=O)OC1(c2c(Cl)c(Cl)c(Cl)c(Cl)c2Cl)CCCCC1)c1ccccc1. The molecule has 30 heavy (non-hydrogen) atoms. The number of hydrogen-bond donors (Lipinski definition) is 1. The van der Waals surface area contributed by atoms with Crippen LogP contribution in [0.15, 0.2) is 30.3 Å². The zero-order valence-corrected chi connectivity index (χ0v) is 19.3. The Morgan fingerprint density at radius 1 is 0.833 bits per heavy atom. The molecule has 1 saturated carbocycles. The third-order valence-corrected chi connectivity index (χ3v) is 7.51. The van der Waals surface area contributed by atoms with Crippen LogP contribution in [0.2, 0.25) is 25.1 Å². The predicted molar refractivity (Wildman–Crippen MR) is 119 cm³/mol. The molecule has 0 spiro atoms. The fourth-order valence-electron chi connectivity index (χ4n) is 3.81. The summed E-state index contributed by atoms with van der Waals surface area (Å²) in [5, 5.41) is 9.79. The number of hydrogen-bond acceptors (Lipinski definition) is 3. The summed E-state index contributed by atoms with van der Waals surface area (Å²) in [6, 6.07) is 8.16. The molecule has 1 N–H and O–H groups in total. The average Bonchev–Trinajstić information content (AvgIpc) is 2.72. The van der Waals surface area contributed by atoms with Crippen molar-refractivity contribution in [2.45, 2.75) is 43.6 Å². The molecule has 2 aromatic rings. The number of carboxylic acids is 1. The summed E-state index contributed by atoms with van der Waals surface area (Å²) in [5.41, 5.74) is -0.690. The molecule has 0 saturated heterocycles. The van der Waals surface area contributed by atoms with Crippen molar-refractivity contribution in [3.63, 3.8) is 0 Å². The lowest BCUT2D eigenvalue weighted by atomic mass is 9.79.